The number of imidazole rings is 1. The molecule has 2 aliphatic rings. The van der Waals surface area contributed by atoms with Crippen molar-refractivity contribution in [3.05, 3.63) is 72.1 Å². The molecule has 222 valence electrons. The first-order chi connectivity index (χ1) is 20.5. The Bertz CT molecular complexity index is 1470. The van der Waals surface area contributed by atoms with Gasteiger partial charge in [-0.15, -0.1) is 0 Å². The van der Waals surface area contributed by atoms with E-state index >= 15 is 0 Å². The van der Waals surface area contributed by atoms with Gasteiger partial charge in [0.1, 0.15) is 11.6 Å². The summed E-state index contributed by atoms with van der Waals surface area (Å²) in [6.45, 7) is 5.58. The van der Waals surface area contributed by atoms with Gasteiger partial charge < -0.3 is 15.0 Å². The second kappa shape index (κ2) is 12.7. The number of nitrogens with zero attached hydrogens (tertiary/aromatic N) is 6. The molecule has 2 aromatic carbocycles. The number of benzene rings is 2. The molecule has 8 nitrogen and oxygen atoms in total. The zero-order valence-corrected chi connectivity index (χ0v) is 24.3. The van der Waals surface area contributed by atoms with Crippen molar-refractivity contribution in [3.8, 4) is 5.82 Å². The summed E-state index contributed by atoms with van der Waals surface area (Å²) in [6.07, 6.45) is 1.76. The van der Waals surface area contributed by atoms with Crippen LogP contribution >= 0.6 is 0 Å². The summed E-state index contributed by atoms with van der Waals surface area (Å²) in [5.74, 6) is 1.71. The topological polar surface area (TPSA) is 71.3 Å². The van der Waals surface area contributed by atoms with Gasteiger partial charge in [-0.1, -0.05) is 42.5 Å². The van der Waals surface area contributed by atoms with Gasteiger partial charge in [0.25, 0.3) is 6.43 Å². The summed E-state index contributed by atoms with van der Waals surface area (Å²) in [5, 5.41) is 3.47. The predicted octanol–water partition coefficient (Wildman–Crippen LogP) is 6.25. The van der Waals surface area contributed by atoms with Crippen molar-refractivity contribution in [2.45, 2.75) is 51.1 Å². The van der Waals surface area contributed by atoms with Crippen molar-refractivity contribution in [1.29, 1.82) is 0 Å². The highest BCUT2D eigenvalue weighted by Crippen LogP contribution is 2.33. The van der Waals surface area contributed by atoms with Gasteiger partial charge in [0, 0.05) is 37.8 Å². The molecule has 1 aliphatic carbocycles. The predicted molar refractivity (Wildman–Crippen MR) is 162 cm³/mol. The number of nitrogens with one attached hydrogen (secondary N) is 1. The summed E-state index contributed by atoms with van der Waals surface area (Å²) in [5.41, 5.74) is 2.45. The number of ether oxygens (including phenoxy) is 1. The Morgan fingerprint density at radius 3 is 2.36 bits per heavy atom. The normalized spacial score (nSPS) is 20.4. The Balaban J connectivity index is 1.19. The zero-order chi connectivity index (χ0) is 29.1. The largest absolute Gasteiger partial charge is 0.378 e. The summed E-state index contributed by atoms with van der Waals surface area (Å²) in [6, 6.07) is 20.5. The molecule has 2 aromatic heterocycles. The molecule has 1 aliphatic heterocycles. The van der Waals surface area contributed by atoms with Crippen LogP contribution in [-0.4, -0.2) is 70.4 Å². The second-order valence-corrected chi connectivity index (χ2v) is 11.4. The minimum Gasteiger partial charge on any atom is -0.378 e. The quantitative estimate of drug-likeness (QED) is 0.253. The van der Waals surface area contributed by atoms with Gasteiger partial charge >= 0.3 is 0 Å². The molecule has 1 atom stereocenters. The maximum atomic E-state index is 14.2. The highest BCUT2D eigenvalue weighted by molar-refractivity contribution is 5.78. The van der Waals surface area contributed by atoms with E-state index < -0.39 is 6.43 Å². The number of halogens is 2. The molecule has 2 fully saturated rings. The number of alkyl halides is 2. The molecular formula is C32H39F2N7O. The van der Waals surface area contributed by atoms with Crippen molar-refractivity contribution in [2.75, 3.05) is 50.1 Å². The SMILES string of the molecule is CC(c1ccccc1)N(C)[C@H]1CC[C@H](CNc2nc(N3CCOCC3)cc(-n3c(C(F)F)nc4ccccc43)n2)CC1. The van der Waals surface area contributed by atoms with E-state index in [9.17, 15) is 8.78 Å². The summed E-state index contributed by atoms with van der Waals surface area (Å²) in [4.78, 5) is 18.4. The number of hydrogen-bond acceptors (Lipinski definition) is 7. The third-order valence-electron chi connectivity index (χ3n) is 8.88. The van der Waals surface area contributed by atoms with E-state index in [2.05, 4.69) is 64.4 Å². The highest BCUT2D eigenvalue weighted by Gasteiger charge is 2.28. The lowest BCUT2D eigenvalue weighted by Crippen LogP contribution is -2.38. The summed E-state index contributed by atoms with van der Waals surface area (Å²) < 4.78 is 35.3. The van der Waals surface area contributed by atoms with Gasteiger partial charge in [-0.05, 0) is 63.3 Å². The zero-order valence-electron chi connectivity index (χ0n) is 24.3. The van der Waals surface area contributed by atoms with E-state index in [-0.39, 0.29) is 5.82 Å². The Labute approximate surface area is 245 Å². The van der Waals surface area contributed by atoms with Crippen LogP contribution in [-0.2, 0) is 4.74 Å². The van der Waals surface area contributed by atoms with Crippen molar-refractivity contribution < 1.29 is 13.5 Å². The lowest BCUT2D eigenvalue weighted by atomic mass is 9.84. The first-order valence-electron chi connectivity index (χ1n) is 15.0. The first kappa shape index (κ1) is 28.5. The molecule has 1 N–H and O–H groups in total. The summed E-state index contributed by atoms with van der Waals surface area (Å²) >= 11 is 0. The fraction of sp³-hybridized carbons (Fsp3) is 0.469. The molecule has 0 amide bonds. The smallest absolute Gasteiger partial charge is 0.296 e. The number of para-hydroxylation sites is 2. The maximum Gasteiger partial charge on any atom is 0.296 e. The highest BCUT2D eigenvalue weighted by atomic mass is 19.3. The molecule has 1 saturated carbocycles. The number of morpholine rings is 1. The van der Waals surface area contributed by atoms with Crippen molar-refractivity contribution in [2.24, 2.45) is 5.92 Å². The molecule has 10 heteroatoms. The summed E-state index contributed by atoms with van der Waals surface area (Å²) in [7, 11) is 2.24. The molecule has 0 bridgehead atoms. The molecule has 3 heterocycles. The number of aromatic nitrogens is 4. The third kappa shape index (κ3) is 6.10. The van der Waals surface area contributed by atoms with E-state index in [1.54, 1.807) is 24.3 Å². The van der Waals surface area contributed by atoms with Crippen molar-refractivity contribution in [1.82, 2.24) is 24.4 Å². The van der Waals surface area contributed by atoms with E-state index in [0.29, 0.717) is 72.9 Å². The minimum absolute atomic E-state index is 0.319. The fourth-order valence-electron chi connectivity index (χ4n) is 6.28. The lowest BCUT2D eigenvalue weighted by molar-refractivity contribution is 0.122. The number of fused-ring (bicyclic) bond motifs is 1. The van der Waals surface area contributed by atoms with Crippen LogP contribution in [0.15, 0.2) is 60.7 Å². The third-order valence-corrected chi connectivity index (χ3v) is 8.88. The van der Waals surface area contributed by atoms with Crippen LogP contribution in [0.5, 0.6) is 0 Å². The Hall–Kier alpha value is -3.63. The van der Waals surface area contributed by atoms with E-state index in [4.69, 9.17) is 14.7 Å². The van der Waals surface area contributed by atoms with Gasteiger partial charge in [-0.25, -0.2) is 13.8 Å². The van der Waals surface area contributed by atoms with E-state index in [1.807, 2.05) is 6.07 Å². The van der Waals surface area contributed by atoms with Crippen molar-refractivity contribution in [3.63, 3.8) is 0 Å². The van der Waals surface area contributed by atoms with Crippen LogP contribution in [0.25, 0.3) is 16.9 Å². The van der Waals surface area contributed by atoms with Gasteiger partial charge in [0.05, 0.1) is 24.2 Å². The molecule has 0 spiro atoms. The van der Waals surface area contributed by atoms with E-state index in [0.717, 1.165) is 32.2 Å². The molecular weight excluding hydrogens is 536 g/mol. The Morgan fingerprint density at radius 2 is 1.62 bits per heavy atom. The maximum absolute atomic E-state index is 14.2. The average Bonchev–Trinajstić information content (AvgIpc) is 3.44. The van der Waals surface area contributed by atoms with Gasteiger partial charge in [-0.3, -0.25) is 9.47 Å². The van der Waals surface area contributed by atoms with E-state index in [1.165, 1.54) is 10.1 Å². The van der Waals surface area contributed by atoms with Crippen LogP contribution in [0.4, 0.5) is 20.5 Å². The molecule has 0 radical (unpaired) electrons. The van der Waals surface area contributed by atoms with Crippen LogP contribution in [0, 0.1) is 5.92 Å². The molecule has 6 rings (SSSR count). The number of anilines is 2. The molecule has 1 saturated heterocycles. The molecule has 4 aromatic rings. The number of rotatable bonds is 9. The van der Waals surface area contributed by atoms with Crippen LogP contribution < -0.4 is 10.2 Å². The Kier molecular flexibility index (Phi) is 8.62. The van der Waals surface area contributed by atoms with Crippen LogP contribution in [0.2, 0.25) is 0 Å². The first-order valence-corrected chi connectivity index (χ1v) is 15.0. The van der Waals surface area contributed by atoms with Crippen molar-refractivity contribution >= 4 is 22.8 Å². The lowest BCUT2D eigenvalue weighted by Gasteiger charge is -2.38. The monoisotopic (exact) mass is 575 g/mol. The van der Waals surface area contributed by atoms with Crippen LogP contribution in [0.3, 0.4) is 0 Å². The fourth-order valence-corrected chi connectivity index (χ4v) is 6.28. The standard InChI is InChI=1S/C32H39F2N7O/c1-22(24-8-4-3-5-9-24)39(2)25-14-12-23(13-15-25)21-35-32-37-28(40-16-18-42-19-17-40)20-29(38-32)41-27-11-7-6-10-26(27)36-31(41)30(33)34/h3-11,20,22-23,25,30H,12-19,21H2,1-2H3,(H,35,37,38)/t22?,23-,25-. The minimum atomic E-state index is -2.74. The Morgan fingerprint density at radius 1 is 0.929 bits per heavy atom. The van der Waals surface area contributed by atoms with Crippen LogP contribution in [0.1, 0.15) is 56.5 Å². The van der Waals surface area contributed by atoms with Gasteiger partial charge in [0.2, 0.25) is 5.95 Å². The second-order valence-electron chi connectivity index (χ2n) is 11.4. The van der Waals surface area contributed by atoms with Gasteiger partial charge in [0.15, 0.2) is 5.82 Å². The average molecular weight is 576 g/mol. The molecule has 1 unspecified atom stereocenters. The molecule has 42 heavy (non-hydrogen) atoms. The number of hydrogen-bond donors (Lipinski definition) is 1. The van der Waals surface area contributed by atoms with Gasteiger partial charge in [-0.2, -0.15) is 9.97 Å².